The van der Waals surface area contributed by atoms with Crippen LogP contribution in [0.1, 0.15) is 49.0 Å². The largest absolute Gasteiger partial charge is 0.497 e. The van der Waals surface area contributed by atoms with Gasteiger partial charge in [0, 0.05) is 47.4 Å². The zero-order valence-electron chi connectivity index (χ0n) is 33.2. The fraction of sp³-hybridized carbons (Fsp3) is 0.375. The number of ether oxygens (including phenoxy) is 4. The van der Waals surface area contributed by atoms with E-state index in [4.69, 9.17) is 39.1 Å². The third-order valence-corrected chi connectivity index (χ3v) is 13.7. The molecule has 3 aromatic heterocycles. The van der Waals surface area contributed by atoms with Gasteiger partial charge in [0.05, 0.1) is 48.1 Å². The predicted octanol–water partition coefficient (Wildman–Crippen LogP) is 8.78. The summed E-state index contributed by atoms with van der Waals surface area (Å²) in [7, 11) is 3.40. The Hall–Kier alpha value is -5.58. The first-order valence-corrected chi connectivity index (χ1v) is 20.7. The number of fused-ring (bicyclic) bond motifs is 9. The molecule has 10 nitrogen and oxygen atoms in total. The highest BCUT2D eigenvalue weighted by Crippen LogP contribution is 2.47. The molecule has 0 amide bonds. The smallest absolute Gasteiger partial charge is 0.242 e. The minimum atomic E-state index is -0.343. The molecule has 9 heterocycles. The van der Waals surface area contributed by atoms with Crippen LogP contribution in [0.4, 0.5) is 0 Å². The molecule has 0 N–H and O–H groups in total. The molecule has 3 aromatic carbocycles. The first-order chi connectivity index (χ1) is 28.5. The molecule has 12 rings (SSSR count). The maximum absolute atomic E-state index is 7.26. The normalized spacial score (nSPS) is 27.3. The van der Waals surface area contributed by atoms with Gasteiger partial charge in [-0.15, -0.1) is 23.4 Å². The molecule has 296 valence electrons. The summed E-state index contributed by atoms with van der Waals surface area (Å²) in [6, 6.07) is 24.7. The number of methoxy groups -OCH3 is 2. The molecule has 0 saturated carbocycles. The highest BCUT2D eigenvalue weighted by Gasteiger charge is 2.46. The Bertz CT molecular complexity index is 2340. The maximum atomic E-state index is 7.26. The third kappa shape index (κ3) is 6.43. The number of rotatable bonds is 12. The van der Waals surface area contributed by atoms with Crippen LogP contribution in [-0.2, 0) is 0 Å². The van der Waals surface area contributed by atoms with Gasteiger partial charge in [-0.25, -0.2) is 0 Å². The number of hydrogen-bond acceptors (Lipinski definition) is 10. The van der Waals surface area contributed by atoms with Gasteiger partial charge in [-0.2, -0.15) is 0 Å². The summed E-state index contributed by atoms with van der Waals surface area (Å²) >= 11 is 0. The van der Waals surface area contributed by atoms with Crippen molar-refractivity contribution in [2.45, 2.75) is 50.0 Å². The summed E-state index contributed by atoms with van der Waals surface area (Å²) < 4.78 is 25.9. The molecule has 10 atom stereocenters. The summed E-state index contributed by atoms with van der Waals surface area (Å²) in [6.07, 6.45) is 11.7. The molecule has 4 bridgehead atoms. The van der Waals surface area contributed by atoms with E-state index in [1.807, 2.05) is 48.8 Å². The summed E-state index contributed by atoms with van der Waals surface area (Å²) in [6.45, 7) is 12.3. The minimum Gasteiger partial charge on any atom is -0.497 e. The van der Waals surface area contributed by atoms with Crippen LogP contribution in [0.15, 0.2) is 111 Å². The lowest BCUT2D eigenvalue weighted by atomic mass is 9.73. The lowest BCUT2D eigenvalue weighted by Crippen LogP contribution is -2.55. The van der Waals surface area contributed by atoms with Gasteiger partial charge in [-0.1, -0.05) is 24.3 Å². The topological polar surface area (TPSA) is 95.0 Å². The van der Waals surface area contributed by atoms with E-state index in [9.17, 15) is 0 Å². The molecule has 6 aliphatic rings. The van der Waals surface area contributed by atoms with Crippen LogP contribution < -0.4 is 18.9 Å². The average Bonchev–Trinajstić information content (AvgIpc) is 3.29. The second-order valence-electron chi connectivity index (χ2n) is 16.5. The maximum Gasteiger partial charge on any atom is 0.242 e. The average molecular weight is 775 g/mol. The number of benzene rings is 3. The van der Waals surface area contributed by atoms with Gasteiger partial charge in [0.2, 0.25) is 11.8 Å². The van der Waals surface area contributed by atoms with Crippen molar-refractivity contribution in [1.29, 1.82) is 0 Å². The zero-order valence-corrected chi connectivity index (χ0v) is 33.2. The summed E-state index contributed by atoms with van der Waals surface area (Å²) in [5.41, 5.74) is 3.90. The molecule has 6 saturated heterocycles. The Balaban J connectivity index is 1.07. The fourth-order valence-electron chi connectivity index (χ4n) is 10.6. The van der Waals surface area contributed by atoms with Crippen molar-refractivity contribution in [2.75, 3.05) is 40.4 Å². The minimum absolute atomic E-state index is 0.125. The van der Waals surface area contributed by atoms with Gasteiger partial charge < -0.3 is 18.9 Å². The molecule has 0 aliphatic carbocycles. The van der Waals surface area contributed by atoms with Gasteiger partial charge in [0.1, 0.15) is 23.7 Å². The molecule has 6 aromatic rings. The number of pyridine rings is 2. The number of hydrogen-bond donors (Lipinski definition) is 0. The number of aromatic nitrogens is 4. The highest BCUT2D eigenvalue weighted by molar-refractivity contribution is 5.91. The van der Waals surface area contributed by atoms with Gasteiger partial charge in [0.15, 0.2) is 0 Å². The van der Waals surface area contributed by atoms with Gasteiger partial charge in [0.25, 0.3) is 0 Å². The van der Waals surface area contributed by atoms with E-state index in [2.05, 4.69) is 71.5 Å². The van der Waals surface area contributed by atoms with Crippen LogP contribution in [0.25, 0.3) is 32.6 Å². The van der Waals surface area contributed by atoms with Gasteiger partial charge in [-0.05, 0) is 123 Å². The van der Waals surface area contributed by atoms with E-state index in [0.29, 0.717) is 35.4 Å². The van der Waals surface area contributed by atoms with Crippen LogP contribution in [0.5, 0.6) is 23.3 Å². The first-order valence-electron chi connectivity index (χ1n) is 20.7. The van der Waals surface area contributed by atoms with Crippen molar-refractivity contribution in [3.63, 3.8) is 0 Å². The van der Waals surface area contributed by atoms with Gasteiger partial charge in [-0.3, -0.25) is 19.8 Å². The van der Waals surface area contributed by atoms with Crippen LogP contribution >= 0.6 is 0 Å². The highest BCUT2D eigenvalue weighted by atomic mass is 16.5. The monoisotopic (exact) mass is 774 g/mol. The van der Waals surface area contributed by atoms with E-state index in [1.54, 1.807) is 14.2 Å². The first kappa shape index (κ1) is 36.7. The van der Waals surface area contributed by atoms with Crippen LogP contribution in [0.3, 0.4) is 0 Å². The van der Waals surface area contributed by atoms with Crippen molar-refractivity contribution >= 4 is 32.6 Å². The molecule has 2 unspecified atom stereocenters. The van der Waals surface area contributed by atoms with E-state index >= 15 is 0 Å². The standard InChI is InChI=1S/C48H50N6O4/c1-5-29-27-53-21-17-31(29)23-43(53)45(35-15-19-49-41-13-11-33(55-3)25-39(35)41)57-47-37-9-7-8-10-38(37)48(52-51-47)58-46(44-24-32-18-22-54(44)28-30(32)6-2)36-16-20-50-42-14-12-34(56-4)26-40(36)42/h5-16,19-20,25-26,29-32,43-46H,1-2,17-18,21-24,27-28H2,3-4H3/t29-,30-,31-,32-,43+,44+,45+,46+/m0/s1. The van der Waals surface area contributed by atoms with E-state index < -0.39 is 0 Å². The molecule has 6 fully saturated rings. The summed E-state index contributed by atoms with van der Waals surface area (Å²) in [4.78, 5) is 14.6. The van der Waals surface area contributed by atoms with Crippen molar-refractivity contribution < 1.29 is 18.9 Å². The predicted molar refractivity (Wildman–Crippen MR) is 226 cm³/mol. The van der Waals surface area contributed by atoms with Gasteiger partial charge >= 0.3 is 0 Å². The molecule has 6 aliphatic heterocycles. The van der Waals surface area contributed by atoms with E-state index in [0.717, 1.165) is 107 Å². The molecule has 58 heavy (non-hydrogen) atoms. The molecular weight excluding hydrogens is 725 g/mol. The SMILES string of the molecule is C=C[C@H]1CN2CC[C@H]1C[C@@H]2[C@H](Oc1nnc(O[C@H](c2ccnc3ccc(OC)cc23)[C@H]2C[C@@H]3CCN2C[C@@H]3C=C)c2ccccc12)c1ccnc2ccc(OC)cc12. The lowest BCUT2D eigenvalue weighted by Gasteiger charge is -2.51. The zero-order chi connectivity index (χ0) is 39.3. The van der Waals surface area contributed by atoms with E-state index in [1.165, 1.54) is 0 Å². The number of piperidine rings is 6. The van der Waals surface area contributed by atoms with Crippen molar-refractivity contribution in [2.24, 2.45) is 23.7 Å². The fourth-order valence-corrected chi connectivity index (χ4v) is 10.6. The lowest BCUT2D eigenvalue weighted by molar-refractivity contribution is -0.0382. The Kier molecular flexibility index (Phi) is 9.69. The van der Waals surface area contributed by atoms with E-state index in [-0.39, 0.29) is 24.3 Å². The molecule has 0 spiro atoms. The summed E-state index contributed by atoms with van der Waals surface area (Å²) in [5, 5.41) is 13.5. The van der Waals surface area contributed by atoms with Crippen LogP contribution in [0.2, 0.25) is 0 Å². The summed E-state index contributed by atoms with van der Waals surface area (Å²) in [5.74, 6) is 4.57. The third-order valence-electron chi connectivity index (χ3n) is 13.7. The number of nitrogens with zero attached hydrogens (tertiary/aromatic N) is 6. The second-order valence-corrected chi connectivity index (χ2v) is 16.5. The van der Waals surface area contributed by atoms with Crippen molar-refractivity contribution in [3.8, 4) is 23.3 Å². The Morgan fingerprint density at radius 1 is 0.621 bits per heavy atom. The molecule has 0 radical (unpaired) electrons. The molecule has 10 heteroatoms. The Labute approximate surface area is 339 Å². The van der Waals surface area contributed by atoms with Crippen molar-refractivity contribution in [1.82, 2.24) is 30.0 Å². The molecular formula is C48H50N6O4. The quantitative estimate of drug-likeness (QED) is 0.112. The van der Waals surface area contributed by atoms with Crippen LogP contribution in [0, 0.1) is 23.7 Å². The second kappa shape index (κ2) is 15.3. The Morgan fingerprint density at radius 2 is 1.09 bits per heavy atom. The Morgan fingerprint density at radius 3 is 1.48 bits per heavy atom. The van der Waals surface area contributed by atoms with Crippen molar-refractivity contribution in [3.05, 3.63) is 122 Å². The van der Waals surface area contributed by atoms with Crippen LogP contribution in [-0.4, -0.2) is 82.4 Å².